The number of rotatable bonds is 9. The van der Waals surface area contributed by atoms with Crippen LogP contribution in [0.4, 0.5) is 0 Å². The number of aromatic nitrogens is 1. The van der Waals surface area contributed by atoms with E-state index in [2.05, 4.69) is 28.8 Å². The summed E-state index contributed by atoms with van der Waals surface area (Å²) < 4.78 is 41.2. The zero-order valence-corrected chi connectivity index (χ0v) is 23.7. The van der Waals surface area contributed by atoms with Gasteiger partial charge in [-0.1, -0.05) is 0 Å². The molecular weight excluding hydrogens is 510 g/mol. The van der Waals surface area contributed by atoms with E-state index in [1.807, 2.05) is 42.5 Å². The van der Waals surface area contributed by atoms with Crippen molar-refractivity contribution in [1.29, 1.82) is 0 Å². The fourth-order valence-electron chi connectivity index (χ4n) is 5.03. The number of methoxy groups -OCH3 is 7. The van der Waals surface area contributed by atoms with Crippen molar-refractivity contribution < 1.29 is 37.6 Å². The van der Waals surface area contributed by atoms with Crippen LogP contribution in [-0.2, 0) is 0 Å². The predicted octanol–water partition coefficient (Wildman–Crippen LogP) is 5.96. The Labute approximate surface area is 232 Å². The topological polar surface area (TPSA) is 68.7 Å². The highest BCUT2D eigenvalue weighted by atomic mass is 16.5. The van der Waals surface area contributed by atoms with Crippen LogP contribution < -0.4 is 37.6 Å². The van der Waals surface area contributed by atoms with E-state index in [0.29, 0.717) is 40.2 Å². The Kier molecular flexibility index (Phi) is 7.42. The fourth-order valence-corrected chi connectivity index (χ4v) is 5.03. The first kappa shape index (κ1) is 26.7. The Morgan fingerprint density at radius 3 is 1.57 bits per heavy atom. The van der Waals surface area contributed by atoms with E-state index in [-0.39, 0.29) is 0 Å². The lowest BCUT2D eigenvalue weighted by atomic mass is 10.0. The van der Waals surface area contributed by atoms with Crippen LogP contribution in [0, 0.1) is 0 Å². The van der Waals surface area contributed by atoms with Gasteiger partial charge in [-0.05, 0) is 58.8 Å². The van der Waals surface area contributed by atoms with E-state index in [0.717, 1.165) is 38.3 Å². The lowest BCUT2D eigenvalue weighted by molar-refractivity contribution is -0.511. The molecule has 0 radical (unpaired) electrons. The Bertz CT molecular complexity index is 1740. The van der Waals surface area contributed by atoms with Crippen molar-refractivity contribution in [1.82, 2.24) is 0 Å². The van der Waals surface area contributed by atoms with Crippen molar-refractivity contribution in [3.8, 4) is 40.2 Å². The average Bonchev–Trinajstić information content (AvgIpc) is 3.00. The van der Waals surface area contributed by atoms with Crippen LogP contribution in [-0.4, -0.2) is 49.8 Å². The average molecular weight is 543 g/mol. The number of hydrogen-bond acceptors (Lipinski definition) is 7. The molecule has 2 aromatic heterocycles. The largest absolute Gasteiger partial charge is 0.493 e. The molecule has 0 bridgehead atoms. The second-order valence-corrected chi connectivity index (χ2v) is 8.98. The Morgan fingerprint density at radius 1 is 0.500 bits per heavy atom. The number of fused-ring (bicyclic) bond motifs is 4. The van der Waals surface area contributed by atoms with Crippen molar-refractivity contribution in [3.63, 3.8) is 0 Å². The maximum atomic E-state index is 5.65. The molecule has 0 aliphatic carbocycles. The summed E-state index contributed by atoms with van der Waals surface area (Å²) in [5.74, 6) is 4.33. The lowest BCUT2D eigenvalue weighted by Gasteiger charge is -2.13. The van der Waals surface area contributed by atoms with Crippen LogP contribution in [0.1, 0.15) is 11.3 Å². The minimum absolute atomic E-state index is 0.541. The fraction of sp³-hybridized carbons (Fsp3) is 0.219. The summed E-state index contributed by atoms with van der Waals surface area (Å²) in [5, 5.41) is 4.01. The molecule has 0 fully saturated rings. The molecule has 206 valence electrons. The summed E-state index contributed by atoms with van der Waals surface area (Å²) in [6, 6.07) is 16.0. The van der Waals surface area contributed by atoms with E-state index in [4.69, 9.17) is 33.2 Å². The molecule has 8 heteroatoms. The maximum absolute atomic E-state index is 5.65. The van der Waals surface area contributed by atoms with Gasteiger partial charge in [0.25, 0.3) is 0 Å². The summed E-state index contributed by atoms with van der Waals surface area (Å²) in [4.78, 5) is 0. The number of nitrogens with zero attached hydrogens (tertiary/aromatic N) is 1. The molecular formula is C32H32NO7+. The Morgan fingerprint density at radius 2 is 1.02 bits per heavy atom. The zero-order valence-electron chi connectivity index (χ0n) is 23.7. The van der Waals surface area contributed by atoms with Gasteiger partial charge in [0.15, 0.2) is 40.7 Å². The SMILES string of the molecule is COc1cc2cc3c4cc(OC)c(OC)cc4cc[n+]3c(/C=C/c3cc(OC)c(OC)c(OC)c3)c2cc1OC. The molecule has 0 saturated carbocycles. The standard InChI is InChI=1S/C32H32NO7/c1-34-26-15-20-10-11-33-24(9-8-19-12-30(38-5)32(40-7)31(13-19)39-6)23-18-29(37-4)27(35-2)16-21(23)14-25(33)22(20)17-28(26)36-3/h8-18H,1-7H3/q+1/b9-8+. The highest BCUT2D eigenvalue weighted by Crippen LogP contribution is 2.40. The summed E-state index contributed by atoms with van der Waals surface area (Å²) >= 11 is 0. The normalized spacial score (nSPS) is 11.3. The van der Waals surface area contributed by atoms with Gasteiger partial charge in [0.1, 0.15) is 0 Å². The van der Waals surface area contributed by atoms with Gasteiger partial charge in [-0.3, -0.25) is 0 Å². The Balaban J connectivity index is 1.83. The highest BCUT2D eigenvalue weighted by Gasteiger charge is 2.21. The van der Waals surface area contributed by atoms with Gasteiger partial charge in [0.05, 0.1) is 60.5 Å². The minimum atomic E-state index is 0.541. The van der Waals surface area contributed by atoms with Gasteiger partial charge in [-0.25, -0.2) is 0 Å². The van der Waals surface area contributed by atoms with Crippen molar-refractivity contribution in [2.24, 2.45) is 0 Å². The first-order valence-electron chi connectivity index (χ1n) is 12.6. The van der Waals surface area contributed by atoms with Crippen molar-refractivity contribution in [2.75, 3.05) is 49.8 Å². The predicted molar refractivity (Wildman–Crippen MR) is 156 cm³/mol. The van der Waals surface area contributed by atoms with Gasteiger partial charge in [-0.15, -0.1) is 0 Å². The van der Waals surface area contributed by atoms with E-state index >= 15 is 0 Å². The van der Waals surface area contributed by atoms with Crippen LogP contribution in [0.3, 0.4) is 0 Å². The summed E-state index contributed by atoms with van der Waals surface area (Å²) in [5.41, 5.74) is 2.81. The smallest absolute Gasteiger partial charge is 0.219 e. The monoisotopic (exact) mass is 542 g/mol. The molecule has 40 heavy (non-hydrogen) atoms. The Hall–Kier alpha value is -4.85. The number of benzene rings is 3. The molecule has 0 amide bonds. The molecule has 3 aromatic carbocycles. The number of ether oxygens (including phenoxy) is 7. The lowest BCUT2D eigenvalue weighted by Crippen LogP contribution is -2.26. The first-order chi connectivity index (χ1) is 19.5. The third-order valence-electron chi connectivity index (χ3n) is 7.00. The van der Waals surface area contributed by atoms with E-state index in [9.17, 15) is 0 Å². The van der Waals surface area contributed by atoms with Crippen LogP contribution in [0.15, 0.2) is 54.7 Å². The molecule has 2 heterocycles. The van der Waals surface area contributed by atoms with E-state index in [1.165, 1.54) is 0 Å². The van der Waals surface area contributed by atoms with E-state index < -0.39 is 0 Å². The van der Waals surface area contributed by atoms with Crippen LogP contribution in [0.25, 0.3) is 39.2 Å². The van der Waals surface area contributed by atoms with Gasteiger partial charge in [0, 0.05) is 18.2 Å². The van der Waals surface area contributed by atoms with E-state index in [1.54, 1.807) is 49.8 Å². The van der Waals surface area contributed by atoms with Crippen molar-refractivity contribution in [3.05, 3.63) is 66.0 Å². The first-order valence-corrected chi connectivity index (χ1v) is 12.6. The second-order valence-electron chi connectivity index (χ2n) is 8.98. The quantitative estimate of drug-likeness (QED) is 0.129. The molecule has 0 spiro atoms. The molecule has 0 atom stereocenters. The number of hydrogen-bond donors (Lipinski definition) is 0. The molecule has 5 rings (SSSR count). The highest BCUT2D eigenvalue weighted by molar-refractivity contribution is 6.01. The molecule has 0 unspecified atom stereocenters. The zero-order chi connectivity index (χ0) is 28.4. The molecule has 0 aliphatic heterocycles. The minimum Gasteiger partial charge on any atom is -0.493 e. The van der Waals surface area contributed by atoms with Crippen LogP contribution in [0.5, 0.6) is 40.2 Å². The van der Waals surface area contributed by atoms with Crippen LogP contribution in [0.2, 0.25) is 0 Å². The van der Waals surface area contributed by atoms with Crippen molar-refractivity contribution in [2.45, 2.75) is 0 Å². The molecule has 5 aromatic rings. The van der Waals surface area contributed by atoms with Gasteiger partial charge in [0.2, 0.25) is 17.0 Å². The molecule has 0 aliphatic rings. The summed E-state index contributed by atoms with van der Waals surface area (Å²) in [7, 11) is 11.3. The van der Waals surface area contributed by atoms with Gasteiger partial charge >= 0.3 is 0 Å². The molecule has 0 N–H and O–H groups in total. The number of pyridine rings is 2. The van der Waals surface area contributed by atoms with Gasteiger partial charge in [-0.2, -0.15) is 4.40 Å². The van der Waals surface area contributed by atoms with Crippen LogP contribution >= 0.6 is 0 Å². The molecule has 0 saturated heterocycles. The third-order valence-corrected chi connectivity index (χ3v) is 7.00. The summed E-state index contributed by atoms with van der Waals surface area (Å²) in [6.07, 6.45) is 6.13. The third kappa shape index (κ3) is 4.51. The van der Waals surface area contributed by atoms with Crippen molar-refractivity contribution >= 4 is 39.2 Å². The maximum Gasteiger partial charge on any atom is 0.219 e. The molecule has 8 nitrogen and oxygen atoms in total. The van der Waals surface area contributed by atoms with Gasteiger partial charge < -0.3 is 33.2 Å². The second kappa shape index (κ2) is 11.1. The summed E-state index contributed by atoms with van der Waals surface area (Å²) in [6.45, 7) is 0.